The minimum absolute atomic E-state index is 0.0377. The molecule has 1 N–H and O–H groups in total. The zero-order valence-corrected chi connectivity index (χ0v) is 12.9. The van der Waals surface area contributed by atoms with E-state index in [1.165, 1.54) is 31.2 Å². The number of rotatable bonds is 5. The third-order valence-corrected chi connectivity index (χ3v) is 2.68. The highest BCUT2D eigenvalue weighted by Crippen LogP contribution is 2.23. The van der Waals surface area contributed by atoms with Crippen LogP contribution in [-0.2, 0) is 15.1 Å². The predicted molar refractivity (Wildman–Crippen MR) is 75.9 cm³/mol. The van der Waals surface area contributed by atoms with E-state index in [1.54, 1.807) is 20.8 Å². The first-order valence-electron chi connectivity index (χ1n) is 6.58. The quantitative estimate of drug-likeness (QED) is 0.847. The number of halogens is 2. The molecule has 0 aliphatic heterocycles. The Kier molecular flexibility index (Phi) is 5.46. The van der Waals surface area contributed by atoms with E-state index in [9.17, 15) is 18.4 Å². The number of hydrogen-bond acceptors (Lipinski definition) is 4. The van der Waals surface area contributed by atoms with Gasteiger partial charge in [-0.2, -0.15) is 8.78 Å². The van der Waals surface area contributed by atoms with Crippen molar-refractivity contribution in [2.45, 2.75) is 45.4 Å². The Hall–Kier alpha value is -2.18. The first-order chi connectivity index (χ1) is 10.1. The third kappa shape index (κ3) is 5.31. The highest BCUT2D eigenvalue weighted by atomic mass is 19.3. The number of alkyl halides is 2. The van der Waals surface area contributed by atoms with E-state index in [0.717, 1.165) is 0 Å². The number of amides is 1. The van der Waals surface area contributed by atoms with E-state index in [1.807, 2.05) is 0 Å². The number of hydrogen-bond donors (Lipinski definition) is 1. The van der Waals surface area contributed by atoms with E-state index in [-0.39, 0.29) is 5.75 Å². The van der Waals surface area contributed by atoms with Gasteiger partial charge in [-0.1, -0.05) is 12.1 Å². The van der Waals surface area contributed by atoms with Gasteiger partial charge in [0, 0.05) is 0 Å². The van der Waals surface area contributed by atoms with Gasteiger partial charge in [-0.3, -0.25) is 0 Å². The smallest absolute Gasteiger partial charge is 0.408 e. The number of nitrogens with one attached hydrogen (secondary N) is 1. The van der Waals surface area contributed by atoms with Gasteiger partial charge in [0.05, 0.1) is 0 Å². The number of alkyl carbamates (subject to hydrolysis) is 1. The number of benzene rings is 1. The monoisotopic (exact) mass is 315 g/mol. The molecule has 0 aliphatic carbocycles. The first kappa shape index (κ1) is 17.9. The topological polar surface area (TPSA) is 64.6 Å². The SMILES string of the molecule is CC(C)(C)OC(=O)NC(C)(C=O)c1ccc(OC(F)F)cc1. The summed E-state index contributed by atoms with van der Waals surface area (Å²) in [7, 11) is 0. The molecule has 1 aromatic carbocycles. The maximum Gasteiger partial charge on any atom is 0.408 e. The van der Waals surface area contributed by atoms with Gasteiger partial charge in [-0.05, 0) is 45.4 Å². The Balaban J connectivity index is 2.89. The fourth-order valence-corrected chi connectivity index (χ4v) is 1.67. The van der Waals surface area contributed by atoms with Crippen molar-refractivity contribution in [3.8, 4) is 5.75 Å². The second kappa shape index (κ2) is 6.72. The lowest BCUT2D eigenvalue weighted by molar-refractivity contribution is -0.113. The standard InChI is InChI=1S/C15H19F2NO4/c1-14(2,3)22-13(20)18-15(4,9-19)10-5-7-11(8-6-10)21-12(16)17/h5-9,12H,1-4H3,(H,18,20). The first-order valence-corrected chi connectivity index (χ1v) is 6.58. The van der Waals surface area contributed by atoms with Crippen LogP contribution in [0.15, 0.2) is 24.3 Å². The Morgan fingerprint density at radius 1 is 1.18 bits per heavy atom. The molecule has 7 heteroatoms. The summed E-state index contributed by atoms with van der Waals surface area (Å²) >= 11 is 0. The Morgan fingerprint density at radius 3 is 2.14 bits per heavy atom. The summed E-state index contributed by atoms with van der Waals surface area (Å²) < 4.78 is 33.5. The van der Waals surface area contributed by atoms with Gasteiger partial charge in [0.25, 0.3) is 0 Å². The molecule has 0 saturated carbocycles. The van der Waals surface area contributed by atoms with E-state index in [2.05, 4.69) is 10.1 Å². The maximum atomic E-state index is 12.1. The van der Waals surface area contributed by atoms with Gasteiger partial charge in [0.2, 0.25) is 0 Å². The van der Waals surface area contributed by atoms with Gasteiger partial charge >= 0.3 is 12.7 Å². The average Bonchev–Trinajstić information content (AvgIpc) is 2.36. The molecule has 0 aliphatic rings. The largest absolute Gasteiger partial charge is 0.444 e. The van der Waals surface area contributed by atoms with Crippen LogP contribution in [0.1, 0.15) is 33.3 Å². The predicted octanol–water partition coefficient (Wildman–Crippen LogP) is 3.23. The van der Waals surface area contributed by atoms with E-state index >= 15 is 0 Å². The van der Waals surface area contributed by atoms with Crippen molar-refractivity contribution >= 4 is 12.4 Å². The second-order valence-corrected chi connectivity index (χ2v) is 5.85. The summed E-state index contributed by atoms with van der Waals surface area (Å²) in [5, 5.41) is 2.46. The molecule has 1 unspecified atom stereocenters. The lowest BCUT2D eigenvalue weighted by Crippen LogP contribution is -2.46. The van der Waals surface area contributed by atoms with Crippen LogP contribution in [0.25, 0.3) is 0 Å². The minimum Gasteiger partial charge on any atom is -0.444 e. The molecule has 0 heterocycles. The lowest BCUT2D eigenvalue weighted by Gasteiger charge is -2.28. The molecule has 1 rings (SSSR count). The number of carbonyl (C=O) groups is 2. The molecule has 0 fully saturated rings. The van der Waals surface area contributed by atoms with Crippen LogP contribution in [0.2, 0.25) is 0 Å². The van der Waals surface area contributed by atoms with Crippen LogP contribution in [0, 0.1) is 0 Å². The molecule has 0 radical (unpaired) electrons. The van der Waals surface area contributed by atoms with Gasteiger partial charge < -0.3 is 19.6 Å². The number of aldehydes is 1. The van der Waals surface area contributed by atoms with E-state index in [0.29, 0.717) is 11.8 Å². The molecule has 5 nitrogen and oxygen atoms in total. The van der Waals surface area contributed by atoms with Gasteiger partial charge in [-0.15, -0.1) is 0 Å². The van der Waals surface area contributed by atoms with Crippen molar-refractivity contribution in [1.82, 2.24) is 5.32 Å². The molecule has 0 saturated heterocycles. The number of ether oxygens (including phenoxy) is 2. The molecule has 0 bridgehead atoms. The van der Waals surface area contributed by atoms with Crippen LogP contribution < -0.4 is 10.1 Å². The fourth-order valence-electron chi connectivity index (χ4n) is 1.67. The maximum absolute atomic E-state index is 12.1. The highest BCUT2D eigenvalue weighted by Gasteiger charge is 2.30. The molecule has 122 valence electrons. The molecule has 0 spiro atoms. The Morgan fingerprint density at radius 2 is 1.73 bits per heavy atom. The molecule has 0 aromatic heterocycles. The Bertz CT molecular complexity index is 525. The van der Waals surface area contributed by atoms with Crippen molar-refractivity contribution in [1.29, 1.82) is 0 Å². The van der Waals surface area contributed by atoms with Gasteiger partial charge in [-0.25, -0.2) is 4.79 Å². The summed E-state index contributed by atoms with van der Waals surface area (Å²) in [4.78, 5) is 23.2. The molecule has 1 amide bonds. The van der Waals surface area contributed by atoms with Crippen molar-refractivity contribution in [2.24, 2.45) is 0 Å². The molecule has 1 aromatic rings. The highest BCUT2D eigenvalue weighted by molar-refractivity contribution is 5.78. The minimum atomic E-state index is -2.93. The van der Waals surface area contributed by atoms with Crippen molar-refractivity contribution in [3.63, 3.8) is 0 Å². The molecule has 1 atom stereocenters. The summed E-state index contributed by atoms with van der Waals surface area (Å²) in [6.45, 7) is 3.64. The van der Waals surface area contributed by atoms with Gasteiger partial charge in [0.15, 0.2) is 0 Å². The lowest BCUT2D eigenvalue weighted by atomic mass is 9.94. The summed E-state index contributed by atoms with van der Waals surface area (Å²) in [5.41, 5.74) is -1.64. The normalized spacial score (nSPS) is 14.1. The molecular formula is C15H19F2NO4. The average molecular weight is 315 g/mol. The Labute approximate surface area is 127 Å². The summed E-state index contributed by atoms with van der Waals surface area (Å²) in [6.07, 6.45) is -0.213. The van der Waals surface area contributed by atoms with Crippen molar-refractivity contribution in [2.75, 3.05) is 0 Å². The van der Waals surface area contributed by atoms with Crippen LogP contribution in [-0.4, -0.2) is 24.6 Å². The zero-order chi connectivity index (χ0) is 17.0. The van der Waals surface area contributed by atoms with Crippen molar-refractivity contribution < 1.29 is 27.8 Å². The number of carbonyl (C=O) groups excluding carboxylic acids is 2. The molecule has 22 heavy (non-hydrogen) atoms. The van der Waals surface area contributed by atoms with Crippen LogP contribution in [0.4, 0.5) is 13.6 Å². The fraction of sp³-hybridized carbons (Fsp3) is 0.467. The second-order valence-electron chi connectivity index (χ2n) is 5.85. The summed E-state index contributed by atoms with van der Waals surface area (Å²) in [6, 6.07) is 5.42. The summed E-state index contributed by atoms with van der Waals surface area (Å²) in [5.74, 6) is -0.0377. The van der Waals surface area contributed by atoms with Crippen LogP contribution in [0.3, 0.4) is 0 Å². The third-order valence-electron chi connectivity index (χ3n) is 2.68. The van der Waals surface area contributed by atoms with Crippen molar-refractivity contribution in [3.05, 3.63) is 29.8 Å². The molecular weight excluding hydrogens is 296 g/mol. The van der Waals surface area contributed by atoms with E-state index < -0.39 is 23.8 Å². The van der Waals surface area contributed by atoms with E-state index in [4.69, 9.17) is 4.74 Å². The zero-order valence-electron chi connectivity index (χ0n) is 12.9. The van der Waals surface area contributed by atoms with Crippen LogP contribution >= 0.6 is 0 Å². The van der Waals surface area contributed by atoms with Crippen LogP contribution in [0.5, 0.6) is 5.75 Å². The van der Waals surface area contributed by atoms with Gasteiger partial charge in [0.1, 0.15) is 23.2 Å².